The molecule has 1 aromatic carbocycles. The van der Waals surface area contributed by atoms with E-state index in [1.54, 1.807) is 0 Å². The van der Waals surface area contributed by atoms with Gasteiger partial charge in [-0.05, 0) is 18.6 Å². The molecule has 0 spiro atoms. The molecule has 0 aliphatic heterocycles. The minimum absolute atomic E-state index is 0.143. The molecule has 0 saturated heterocycles. The fourth-order valence-corrected chi connectivity index (χ4v) is 2.69. The second-order valence-electron chi connectivity index (χ2n) is 4.96. The fourth-order valence-electron chi connectivity index (χ4n) is 1.88. The van der Waals surface area contributed by atoms with Gasteiger partial charge in [-0.15, -0.1) is 0 Å². The van der Waals surface area contributed by atoms with Crippen molar-refractivity contribution in [3.8, 4) is 5.82 Å². The van der Waals surface area contributed by atoms with Crippen LogP contribution in [0, 0.1) is 6.92 Å². The summed E-state index contributed by atoms with van der Waals surface area (Å²) in [6.07, 6.45) is 5.58. The molecule has 8 nitrogen and oxygen atoms in total. The molecule has 2 heterocycles. The molecular weight excluding hydrogens is 328 g/mol. The highest BCUT2D eigenvalue weighted by atomic mass is 32.2. The van der Waals surface area contributed by atoms with E-state index in [1.807, 2.05) is 31.2 Å². The topological polar surface area (TPSA) is 103 Å². The highest BCUT2D eigenvalue weighted by molar-refractivity contribution is 7.95. The van der Waals surface area contributed by atoms with Gasteiger partial charge in [-0.2, -0.15) is 5.10 Å². The van der Waals surface area contributed by atoms with Gasteiger partial charge in [0.1, 0.15) is 24.8 Å². The van der Waals surface area contributed by atoms with Crippen molar-refractivity contribution >= 4 is 21.9 Å². The van der Waals surface area contributed by atoms with Crippen LogP contribution in [-0.4, -0.2) is 33.2 Å². The molecule has 0 bridgehead atoms. The zero-order valence-electron chi connectivity index (χ0n) is 12.7. The molecule has 0 atom stereocenters. The molecule has 0 radical (unpaired) electrons. The number of aromatic nitrogens is 5. The summed E-state index contributed by atoms with van der Waals surface area (Å²) in [4.78, 5) is 11.7. The molecular formula is C15H14N6O2S. The lowest BCUT2D eigenvalue weighted by molar-refractivity contribution is 0.609. The number of sulfonamides is 1. The first-order valence-electron chi connectivity index (χ1n) is 6.96. The normalized spacial score (nSPS) is 11.7. The second kappa shape index (κ2) is 6.59. The number of hydrogen-bond donors (Lipinski definition) is 1. The molecule has 24 heavy (non-hydrogen) atoms. The minimum Gasteiger partial charge on any atom is -0.264 e. The molecule has 3 rings (SSSR count). The van der Waals surface area contributed by atoms with Crippen molar-refractivity contribution in [1.29, 1.82) is 0 Å². The van der Waals surface area contributed by atoms with Gasteiger partial charge in [-0.3, -0.25) is 4.72 Å². The van der Waals surface area contributed by atoms with Crippen LogP contribution < -0.4 is 4.72 Å². The Morgan fingerprint density at radius 1 is 1.12 bits per heavy atom. The molecule has 9 heteroatoms. The SMILES string of the molecule is Cc1ccc(/C=C/S(=O)(=O)Nc2cc(-n3cncn3)ncn2)cc1. The third-order valence-corrected chi connectivity index (χ3v) is 4.06. The summed E-state index contributed by atoms with van der Waals surface area (Å²) in [5.41, 5.74) is 1.90. The maximum atomic E-state index is 12.1. The van der Waals surface area contributed by atoms with Crippen LogP contribution in [-0.2, 0) is 10.0 Å². The molecule has 0 saturated carbocycles. The molecule has 122 valence electrons. The van der Waals surface area contributed by atoms with Crippen molar-refractivity contribution in [2.45, 2.75) is 6.92 Å². The Hall–Kier alpha value is -3.07. The lowest BCUT2D eigenvalue weighted by Gasteiger charge is -2.05. The summed E-state index contributed by atoms with van der Waals surface area (Å²) in [5.74, 6) is 0.548. The van der Waals surface area contributed by atoms with E-state index in [0.29, 0.717) is 5.82 Å². The van der Waals surface area contributed by atoms with Gasteiger partial charge in [0, 0.05) is 6.07 Å². The summed E-state index contributed by atoms with van der Waals surface area (Å²) in [6, 6.07) is 8.97. The van der Waals surface area contributed by atoms with Crippen molar-refractivity contribution < 1.29 is 8.42 Å². The van der Waals surface area contributed by atoms with Crippen LogP contribution in [0.3, 0.4) is 0 Å². The number of nitrogens with zero attached hydrogens (tertiary/aromatic N) is 5. The van der Waals surface area contributed by atoms with Crippen LogP contribution in [0.2, 0.25) is 0 Å². The molecule has 1 N–H and O–H groups in total. The third-order valence-electron chi connectivity index (χ3n) is 3.07. The van der Waals surface area contributed by atoms with Crippen LogP contribution in [0.25, 0.3) is 11.9 Å². The first kappa shape index (κ1) is 15.8. The lowest BCUT2D eigenvalue weighted by Crippen LogP contribution is -2.11. The maximum absolute atomic E-state index is 12.1. The number of hydrogen-bond acceptors (Lipinski definition) is 6. The number of nitrogens with one attached hydrogen (secondary N) is 1. The average Bonchev–Trinajstić information content (AvgIpc) is 3.09. The van der Waals surface area contributed by atoms with Crippen molar-refractivity contribution in [2.24, 2.45) is 0 Å². The number of benzene rings is 1. The Labute approximate surface area is 139 Å². The maximum Gasteiger partial charge on any atom is 0.256 e. The Balaban J connectivity index is 1.77. The van der Waals surface area contributed by atoms with Gasteiger partial charge in [-0.25, -0.2) is 28.1 Å². The fraction of sp³-hybridized carbons (Fsp3) is 0.0667. The number of rotatable bonds is 5. The van der Waals surface area contributed by atoms with E-state index < -0.39 is 10.0 Å². The Morgan fingerprint density at radius 2 is 1.92 bits per heavy atom. The van der Waals surface area contributed by atoms with Gasteiger partial charge in [-0.1, -0.05) is 29.8 Å². The first-order chi connectivity index (χ1) is 11.5. The van der Waals surface area contributed by atoms with E-state index in [1.165, 1.54) is 35.8 Å². The number of anilines is 1. The predicted molar refractivity (Wildman–Crippen MR) is 89.7 cm³/mol. The molecule has 0 aliphatic rings. The van der Waals surface area contributed by atoms with Crippen molar-refractivity contribution in [1.82, 2.24) is 24.7 Å². The first-order valence-corrected chi connectivity index (χ1v) is 8.51. The van der Waals surface area contributed by atoms with Crippen LogP contribution in [0.15, 0.2) is 54.7 Å². The summed E-state index contributed by atoms with van der Waals surface area (Å²) < 4.78 is 28.1. The second-order valence-corrected chi connectivity index (χ2v) is 6.53. The van der Waals surface area contributed by atoms with Gasteiger partial charge in [0.25, 0.3) is 10.0 Å². The highest BCUT2D eigenvalue weighted by Gasteiger charge is 2.08. The van der Waals surface area contributed by atoms with E-state index in [9.17, 15) is 8.42 Å². The average molecular weight is 342 g/mol. The lowest BCUT2D eigenvalue weighted by atomic mass is 10.2. The molecule has 2 aromatic heterocycles. The Kier molecular flexibility index (Phi) is 4.34. The van der Waals surface area contributed by atoms with Crippen LogP contribution >= 0.6 is 0 Å². The van der Waals surface area contributed by atoms with Gasteiger partial charge in [0.05, 0.1) is 5.41 Å². The quantitative estimate of drug-likeness (QED) is 0.758. The van der Waals surface area contributed by atoms with Crippen LogP contribution in [0.4, 0.5) is 5.82 Å². The van der Waals surface area contributed by atoms with Crippen molar-refractivity contribution in [2.75, 3.05) is 4.72 Å². The van der Waals surface area contributed by atoms with E-state index in [-0.39, 0.29) is 5.82 Å². The van der Waals surface area contributed by atoms with Crippen LogP contribution in [0.5, 0.6) is 0 Å². The molecule has 3 aromatic rings. The van der Waals surface area contributed by atoms with Gasteiger partial charge >= 0.3 is 0 Å². The summed E-state index contributed by atoms with van der Waals surface area (Å²) in [7, 11) is -3.69. The van der Waals surface area contributed by atoms with Gasteiger partial charge in [0.2, 0.25) is 0 Å². The summed E-state index contributed by atoms with van der Waals surface area (Å²) in [6.45, 7) is 1.97. The van der Waals surface area contributed by atoms with Crippen LogP contribution in [0.1, 0.15) is 11.1 Å². The Morgan fingerprint density at radius 3 is 2.62 bits per heavy atom. The van der Waals surface area contributed by atoms with E-state index >= 15 is 0 Å². The van der Waals surface area contributed by atoms with E-state index in [0.717, 1.165) is 16.5 Å². The highest BCUT2D eigenvalue weighted by Crippen LogP contribution is 2.11. The smallest absolute Gasteiger partial charge is 0.256 e. The zero-order valence-corrected chi connectivity index (χ0v) is 13.6. The van der Waals surface area contributed by atoms with E-state index in [2.05, 4.69) is 24.8 Å². The van der Waals surface area contributed by atoms with Gasteiger partial charge < -0.3 is 0 Å². The Bertz CT molecular complexity index is 950. The molecule has 0 fully saturated rings. The molecule has 0 aliphatic carbocycles. The van der Waals surface area contributed by atoms with Crippen molar-refractivity contribution in [3.05, 3.63) is 65.8 Å². The standard InChI is InChI=1S/C15H14N6O2S/c1-12-2-4-13(5-3-12)6-7-24(22,23)20-14-8-15(18-10-17-14)21-11-16-9-19-21/h2-11H,1H3,(H,17,18,20)/b7-6+. The summed E-state index contributed by atoms with van der Waals surface area (Å²) >= 11 is 0. The van der Waals surface area contributed by atoms with Gasteiger partial charge in [0.15, 0.2) is 5.82 Å². The predicted octanol–water partition coefficient (Wildman–Crippen LogP) is 1.78. The zero-order chi connectivity index (χ0) is 17.0. The third kappa shape index (κ3) is 4.02. The van der Waals surface area contributed by atoms with E-state index in [4.69, 9.17) is 0 Å². The largest absolute Gasteiger partial charge is 0.264 e. The minimum atomic E-state index is -3.69. The molecule has 0 amide bonds. The monoisotopic (exact) mass is 342 g/mol. The molecule has 0 unspecified atom stereocenters. The summed E-state index contributed by atoms with van der Waals surface area (Å²) in [5, 5.41) is 5.02. The number of aryl methyl sites for hydroxylation is 1. The van der Waals surface area contributed by atoms with Crippen molar-refractivity contribution in [3.63, 3.8) is 0 Å².